The van der Waals surface area contributed by atoms with E-state index in [1.807, 2.05) is 0 Å². The molecule has 0 bridgehead atoms. The molecule has 0 saturated carbocycles. The van der Waals surface area contributed by atoms with E-state index in [0.717, 1.165) is 17.9 Å². The monoisotopic (exact) mass is 412 g/mol. The molecule has 1 unspecified atom stereocenters. The first-order valence-corrected chi connectivity index (χ1v) is 17.2. The number of benzene rings is 2. The minimum Gasteiger partial charge on any atom is -0.544 e. The average molecular weight is 413 g/mol. The maximum Gasteiger partial charge on any atom is 0.242 e. The summed E-state index contributed by atoms with van der Waals surface area (Å²) >= 11 is 0. The summed E-state index contributed by atoms with van der Waals surface area (Å²) in [6.07, 6.45) is 1.05. The SMILES string of the molecule is CC1(C)CC(C)(c2ccccc2O[Si](C)(C)C)c2cccc(O[Si](C)(C)C)c21. The lowest BCUT2D eigenvalue weighted by molar-refractivity contribution is 0.409. The highest BCUT2D eigenvalue weighted by Gasteiger charge is 2.48. The molecule has 1 atom stereocenters. The second-order valence-corrected chi connectivity index (χ2v) is 19.9. The molecule has 28 heavy (non-hydrogen) atoms. The molecule has 0 saturated heterocycles. The van der Waals surface area contributed by atoms with Gasteiger partial charge in [0, 0.05) is 16.5 Å². The van der Waals surface area contributed by atoms with E-state index in [1.165, 1.54) is 16.7 Å². The van der Waals surface area contributed by atoms with Crippen LogP contribution in [0.1, 0.15) is 43.9 Å². The number of rotatable bonds is 5. The van der Waals surface area contributed by atoms with Crippen molar-refractivity contribution in [2.45, 2.75) is 77.3 Å². The minimum atomic E-state index is -1.70. The molecular formula is C24H36O2Si2. The molecule has 1 aliphatic carbocycles. The number of hydrogen-bond acceptors (Lipinski definition) is 2. The Morgan fingerprint density at radius 3 is 1.79 bits per heavy atom. The van der Waals surface area contributed by atoms with Crippen LogP contribution in [0, 0.1) is 0 Å². The lowest BCUT2D eigenvalue weighted by Gasteiger charge is -2.32. The molecule has 0 aromatic heterocycles. The third-order valence-electron chi connectivity index (χ3n) is 5.41. The third-order valence-corrected chi connectivity index (χ3v) is 7.07. The Morgan fingerprint density at radius 2 is 1.18 bits per heavy atom. The smallest absolute Gasteiger partial charge is 0.242 e. The summed E-state index contributed by atoms with van der Waals surface area (Å²) < 4.78 is 13.1. The van der Waals surface area contributed by atoms with E-state index in [-0.39, 0.29) is 10.8 Å². The Labute approximate surface area is 173 Å². The highest BCUT2D eigenvalue weighted by atomic mass is 28.4. The van der Waals surface area contributed by atoms with Crippen molar-refractivity contribution in [3.05, 3.63) is 59.2 Å². The zero-order valence-corrected chi connectivity index (χ0v) is 21.1. The Balaban J connectivity index is 2.19. The summed E-state index contributed by atoms with van der Waals surface area (Å²) in [5.74, 6) is 2.12. The van der Waals surface area contributed by atoms with Crippen molar-refractivity contribution in [3.63, 3.8) is 0 Å². The molecule has 3 rings (SSSR count). The van der Waals surface area contributed by atoms with Crippen LogP contribution in [0.25, 0.3) is 0 Å². The van der Waals surface area contributed by atoms with E-state index in [4.69, 9.17) is 8.85 Å². The first-order chi connectivity index (χ1) is 12.7. The lowest BCUT2D eigenvalue weighted by atomic mass is 9.74. The van der Waals surface area contributed by atoms with Crippen LogP contribution in [-0.4, -0.2) is 16.6 Å². The van der Waals surface area contributed by atoms with Gasteiger partial charge in [-0.25, -0.2) is 0 Å². The van der Waals surface area contributed by atoms with Crippen molar-refractivity contribution in [3.8, 4) is 11.5 Å². The first-order valence-electron chi connectivity index (χ1n) is 10.3. The Hall–Kier alpha value is -1.53. The fourth-order valence-electron chi connectivity index (χ4n) is 4.75. The summed E-state index contributed by atoms with van der Waals surface area (Å²) in [6, 6.07) is 15.3. The predicted octanol–water partition coefficient (Wildman–Crippen LogP) is 7.10. The molecule has 0 amide bonds. The van der Waals surface area contributed by atoms with Gasteiger partial charge in [-0.2, -0.15) is 0 Å². The molecule has 0 aliphatic heterocycles. The molecule has 1 aliphatic rings. The molecule has 2 nitrogen and oxygen atoms in total. The third kappa shape index (κ3) is 4.08. The normalized spacial score (nSPS) is 21.3. The van der Waals surface area contributed by atoms with Crippen LogP contribution in [0.4, 0.5) is 0 Å². The lowest BCUT2D eigenvalue weighted by Crippen LogP contribution is -2.32. The van der Waals surface area contributed by atoms with Gasteiger partial charge < -0.3 is 8.85 Å². The van der Waals surface area contributed by atoms with Crippen LogP contribution in [0.5, 0.6) is 11.5 Å². The van der Waals surface area contributed by atoms with Crippen LogP contribution < -0.4 is 8.85 Å². The summed E-state index contributed by atoms with van der Waals surface area (Å²) in [7, 11) is -3.39. The van der Waals surface area contributed by atoms with E-state index < -0.39 is 16.6 Å². The van der Waals surface area contributed by atoms with Crippen LogP contribution in [0.3, 0.4) is 0 Å². The van der Waals surface area contributed by atoms with Gasteiger partial charge in [-0.05, 0) is 68.8 Å². The number of hydrogen-bond donors (Lipinski definition) is 0. The van der Waals surface area contributed by atoms with E-state index in [2.05, 4.69) is 103 Å². The van der Waals surface area contributed by atoms with E-state index in [1.54, 1.807) is 0 Å². The van der Waals surface area contributed by atoms with Gasteiger partial charge in [0.15, 0.2) is 0 Å². The van der Waals surface area contributed by atoms with Gasteiger partial charge >= 0.3 is 0 Å². The molecule has 4 heteroatoms. The van der Waals surface area contributed by atoms with E-state index in [0.29, 0.717) is 0 Å². The van der Waals surface area contributed by atoms with Gasteiger partial charge in [0.1, 0.15) is 11.5 Å². The zero-order valence-electron chi connectivity index (χ0n) is 19.1. The van der Waals surface area contributed by atoms with E-state index in [9.17, 15) is 0 Å². The zero-order chi connectivity index (χ0) is 21.0. The maximum absolute atomic E-state index is 6.53. The van der Waals surface area contributed by atoms with Crippen molar-refractivity contribution < 1.29 is 8.85 Å². The van der Waals surface area contributed by atoms with Gasteiger partial charge in [0.25, 0.3) is 0 Å². The standard InChI is InChI=1S/C24H36O2Si2/c1-23(2)17-24(3,18-13-10-11-15-20(18)25-27(4,5)6)19-14-12-16-21(22(19)23)26-28(7,8)9/h10-16H,17H2,1-9H3. The Morgan fingerprint density at radius 1 is 0.679 bits per heavy atom. The number of fused-ring (bicyclic) bond motifs is 1. The molecular weight excluding hydrogens is 376 g/mol. The van der Waals surface area contributed by atoms with E-state index >= 15 is 0 Å². The van der Waals surface area contributed by atoms with Crippen LogP contribution in [0.2, 0.25) is 39.3 Å². The van der Waals surface area contributed by atoms with Crippen LogP contribution in [-0.2, 0) is 10.8 Å². The van der Waals surface area contributed by atoms with Gasteiger partial charge in [0.05, 0.1) is 0 Å². The molecule has 152 valence electrons. The molecule has 0 radical (unpaired) electrons. The van der Waals surface area contributed by atoms with Crippen LogP contribution in [0.15, 0.2) is 42.5 Å². The Kier molecular flexibility index (Phi) is 5.12. The highest BCUT2D eigenvalue weighted by Crippen LogP contribution is 2.57. The second-order valence-electron chi connectivity index (χ2n) is 11.0. The largest absolute Gasteiger partial charge is 0.544 e. The summed E-state index contributed by atoms with van der Waals surface area (Å²) in [4.78, 5) is 0. The van der Waals surface area contributed by atoms with Crippen molar-refractivity contribution in [2.75, 3.05) is 0 Å². The van der Waals surface area contributed by atoms with Crippen molar-refractivity contribution in [2.24, 2.45) is 0 Å². The molecule has 0 heterocycles. The predicted molar refractivity (Wildman–Crippen MR) is 125 cm³/mol. The molecule has 0 fully saturated rings. The molecule has 0 spiro atoms. The van der Waals surface area contributed by atoms with Gasteiger partial charge in [-0.1, -0.05) is 51.1 Å². The van der Waals surface area contributed by atoms with Gasteiger partial charge in [-0.3, -0.25) is 0 Å². The molecule has 2 aromatic rings. The topological polar surface area (TPSA) is 18.5 Å². The molecule has 0 N–H and O–H groups in total. The van der Waals surface area contributed by atoms with Crippen molar-refractivity contribution in [1.29, 1.82) is 0 Å². The van der Waals surface area contributed by atoms with Crippen molar-refractivity contribution >= 4 is 16.6 Å². The summed E-state index contributed by atoms with van der Waals surface area (Å²) in [5.41, 5.74) is 4.03. The second kappa shape index (κ2) is 6.77. The van der Waals surface area contributed by atoms with Crippen LogP contribution >= 0.6 is 0 Å². The number of para-hydroxylation sites is 1. The summed E-state index contributed by atoms with van der Waals surface area (Å²) in [6.45, 7) is 20.6. The Bertz CT molecular complexity index is 875. The fourth-order valence-corrected chi connectivity index (χ4v) is 6.42. The fraction of sp³-hybridized carbons (Fsp3) is 0.500. The first kappa shape index (κ1) is 21.2. The molecule has 2 aromatic carbocycles. The maximum atomic E-state index is 6.53. The van der Waals surface area contributed by atoms with Gasteiger partial charge in [-0.15, -0.1) is 0 Å². The summed E-state index contributed by atoms with van der Waals surface area (Å²) in [5, 5.41) is 0. The average Bonchev–Trinajstić information content (AvgIpc) is 2.73. The minimum absolute atomic E-state index is 0.0482. The quantitative estimate of drug-likeness (QED) is 0.487. The van der Waals surface area contributed by atoms with Crippen molar-refractivity contribution in [1.82, 2.24) is 0 Å². The highest BCUT2D eigenvalue weighted by molar-refractivity contribution is 6.70. The van der Waals surface area contributed by atoms with Gasteiger partial charge in [0.2, 0.25) is 16.6 Å².